The predicted molar refractivity (Wildman–Crippen MR) is 264 cm³/mol. The van der Waals surface area contributed by atoms with E-state index in [0.717, 1.165) is 96.3 Å². The number of aliphatic hydroxyl groups is 2. The highest BCUT2D eigenvalue weighted by Crippen LogP contribution is 2.17. The second-order valence-electron chi connectivity index (χ2n) is 16.9. The molecule has 6 heteroatoms. The Labute approximate surface area is 376 Å². The van der Waals surface area contributed by atoms with E-state index in [0.29, 0.717) is 19.3 Å². The van der Waals surface area contributed by atoms with Crippen LogP contribution in [0.3, 0.4) is 0 Å². The van der Waals surface area contributed by atoms with Crippen LogP contribution in [-0.4, -0.2) is 46.9 Å². The first-order valence-electron chi connectivity index (χ1n) is 25.4. The van der Waals surface area contributed by atoms with Crippen molar-refractivity contribution >= 4 is 11.9 Å². The maximum atomic E-state index is 13.2. The molecule has 0 saturated carbocycles. The van der Waals surface area contributed by atoms with Gasteiger partial charge in [-0.1, -0.05) is 215 Å². The van der Waals surface area contributed by atoms with Gasteiger partial charge in [-0.15, -0.1) is 0 Å². The monoisotopic (exact) mass is 850 g/mol. The third kappa shape index (κ3) is 43.5. The van der Waals surface area contributed by atoms with Crippen LogP contribution in [0.1, 0.15) is 226 Å². The summed E-state index contributed by atoms with van der Waals surface area (Å²) in [7, 11) is 0. The molecule has 0 bridgehead atoms. The predicted octanol–water partition coefficient (Wildman–Crippen LogP) is 15.2. The van der Waals surface area contributed by atoms with E-state index in [1.807, 2.05) is 18.2 Å². The number of allylic oxidation sites excluding steroid dienone is 14. The Balaban J connectivity index is 4.72. The van der Waals surface area contributed by atoms with Crippen LogP contribution in [0.25, 0.3) is 0 Å². The summed E-state index contributed by atoms with van der Waals surface area (Å²) < 4.78 is 5.90. The molecule has 0 fully saturated rings. The zero-order chi connectivity index (χ0) is 44.5. The number of hydrogen-bond acceptors (Lipinski definition) is 5. The molecule has 3 unspecified atom stereocenters. The molecule has 1 amide bonds. The standard InChI is InChI=1S/C55H95NO5/c1-4-7-10-13-16-19-22-25-27-29-31-34-37-40-43-46-51(61-55(60)48-45-42-39-36-33-30-28-26-23-20-17-14-11-8-5-2)49-54(59)56-52(50-57)53(58)47-44-41-38-35-32-24-21-18-15-12-9-6-3/h8,11,14,16-17,19-20,23,25-28,31,34,51-53,57-58H,4-7,9-10,12-13,15,18,21-22,24,29-30,32-33,35-50H2,1-3H3,(H,56,59)/b11-8+,17-14+,19-16-,23-20+,27-25-,28-26-,34-31-. The average molecular weight is 850 g/mol. The molecule has 6 nitrogen and oxygen atoms in total. The highest BCUT2D eigenvalue weighted by Gasteiger charge is 2.24. The van der Waals surface area contributed by atoms with Gasteiger partial charge < -0.3 is 20.3 Å². The van der Waals surface area contributed by atoms with Gasteiger partial charge in [0, 0.05) is 6.42 Å². The van der Waals surface area contributed by atoms with Gasteiger partial charge in [0.25, 0.3) is 0 Å². The van der Waals surface area contributed by atoms with Crippen molar-refractivity contribution in [1.82, 2.24) is 5.32 Å². The summed E-state index contributed by atoms with van der Waals surface area (Å²) in [5.41, 5.74) is 0. The first-order valence-corrected chi connectivity index (χ1v) is 25.4. The first kappa shape index (κ1) is 58.0. The van der Waals surface area contributed by atoms with Gasteiger partial charge in [0.15, 0.2) is 0 Å². The lowest BCUT2D eigenvalue weighted by Gasteiger charge is -2.24. The smallest absolute Gasteiger partial charge is 0.306 e. The Kier molecular flexibility index (Phi) is 45.7. The third-order valence-electron chi connectivity index (χ3n) is 11.1. The van der Waals surface area contributed by atoms with Crippen molar-refractivity contribution in [3.05, 3.63) is 85.1 Å². The second kappa shape index (κ2) is 48.1. The number of carbonyl (C=O) groups is 2. The van der Waals surface area contributed by atoms with E-state index in [2.05, 4.69) is 92.9 Å². The summed E-state index contributed by atoms with van der Waals surface area (Å²) in [6.45, 7) is 6.29. The van der Waals surface area contributed by atoms with E-state index in [9.17, 15) is 19.8 Å². The molecule has 0 aliphatic carbocycles. The van der Waals surface area contributed by atoms with Crippen LogP contribution >= 0.6 is 0 Å². The molecule has 3 atom stereocenters. The number of ether oxygens (including phenoxy) is 1. The molecule has 0 aromatic rings. The van der Waals surface area contributed by atoms with Gasteiger partial charge in [-0.25, -0.2) is 0 Å². The van der Waals surface area contributed by atoms with Crippen molar-refractivity contribution in [2.24, 2.45) is 0 Å². The van der Waals surface area contributed by atoms with Crippen LogP contribution in [0.5, 0.6) is 0 Å². The molecule has 0 heterocycles. The molecule has 0 aromatic carbocycles. The fraction of sp³-hybridized carbons (Fsp3) is 0.709. The second-order valence-corrected chi connectivity index (χ2v) is 16.9. The van der Waals surface area contributed by atoms with Gasteiger partial charge >= 0.3 is 5.97 Å². The maximum Gasteiger partial charge on any atom is 0.306 e. The molecule has 350 valence electrons. The first-order chi connectivity index (χ1) is 30.0. The van der Waals surface area contributed by atoms with E-state index >= 15 is 0 Å². The topological polar surface area (TPSA) is 95.9 Å². The lowest BCUT2D eigenvalue weighted by atomic mass is 10.0. The lowest BCUT2D eigenvalue weighted by molar-refractivity contribution is -0.151. The number of rotatable bonds is 44. The number of esters is 1. The number of nitrogens with one attached hydrogen (secondary N) is 1. The minimum absolute atomic E-state index is 0.0378. The van der Waals surface area contributed by atoms with Crippen LogP contribution in [-0.2, 0) is 14.3 Å². The van der Waals surface area contributed by atoms with E-state index in [4.69, 9.17) is 4.74 Å². The lowest BCUT2D eigenvalue weighted by Crippen LogP contribution is -2.46. The van der Waals surface area contributed by atoms with Gasteiger partial charge in [0.1, 0.15) is 6.10 Å². The third-order valence-corrected chi connectivity index (χ3v) is 11.1. The minimum Gasteiger partial charge on any atom is -0.462 e. The van der Waals surface area contributed by atoms with Gasteiger partial charge in [0.05, 0.1) is 25.2 Å². The normalized spacial score (nSPS) is 14.0. The van der Waals surface area contributed by atoms with Crippen molar-refractivity contribution in [2.45, 2.75) is 244 Å². The fourth-order valence-corrected chi connectivity index (χ4v) is 7.21. The summed E-state index contributed by atoms with van der Waals surface area (Å²) in [6, 6.07) is -0.723. The van der Waals surface area contributed by atoms with E-state index in [-0.39, 0.29) is 24.9 Å². The Morgan fingerprint density at radius 2 is 0.951 bits per heavy atom. The van der Waals surface area contributed by atoms with E-state index < -0.39 is 18.2 Å². The van der Waals surface area contributed by atoms with Crippen molar-refractivity contribution in [3.8, 4) is 0 Å². The number of unbranched alkanes of at least 4 members (excludes halogenated alkanes) is 21. The quantitative estimate of drug-likeness (QED) is 0.0246. The number of hydrogen-bond donors (Lipinski definition) is 3. The van der Waals surface area contributed by atoms with E-state index in [1.54, 1.807) is 0 Å². The molecule has 3 N–H and O–H groups in total. The molecule has 61 heavy (non-hydrogen) atoms. The van der Waals surface area contributed by atoms with Crippen molar-refractivity contribution in [1.29, 1.82) is 0 Å². The molecule has 0 radical (unpaired) electrons. The van der Waals surface area contributed by atoms with Crippen LogP contribution in [0, 0.1) is 0 Å². The molecule has 0 aliphatic heterocycles. The summed E-state index contributed by atoms with van der Waals surface area (Å²) in [4.78, 5) is 26.1. The van der Waals surface area contributed by atoms with Gasteiger partial charge in [-0.05, 0) is 83.5 Å². The largest absolute Gasteiger partial charge is 0.462 e. The Morgan fingerprint density at radius 3 is 1.54 bits per heavy atom. The van der Waals surface area contributed by atoms with Crippen LogP contribution in [0.2, 0.25) is 0 Å². The van der Waals surface area contributed by atoms with Crippen molar-refractivity contribution < 1.29 is 24.5 Å². The summed E-state index contributed by atoms with van der Waals surface area (Å²) in [5, 5.41) is 23.7. The number of aliphatic hydroxyl groups excluding tert-OH is 2. The SMILES string of the molecule is CC/C=C/C=C/C=C/C=C\CCCCCCCC(=O)OC(CCCC/C=C\C/C=C\C/C=C\CCCCC)CC(=O)NC(CO)C(O)CCCCCCCCCCCCCC. The molecule has 0 rings (SSSR count). The average Bonchev–Trinajstić information content (AvgIpc) is 3.25. The van der Waals surface area contributed by atoms with Crippen LogP contribution < -0.4 is 5.32 Å². The highest BCUT2D eigenvalue weighted by atomic mass is 16.5. The molecule has 0 aliphatic rings. The minimum atomic E-state index is -0.806. The van der Waals surface area contributed by atoms with Gasteiger partial charge in [0.2, 0.25) is 5.91 Å². The van der Waals surface area contributed by atoms with Crippen molar-refractivity contribution in [3.63, 3.8) is 0 Å². The molecular formula is C55H95NO5. The Bertz CT molecular complexity index is 1180. The zero-order valence-electron chi connectivity index (χ0n) is 39.8. The summed E-state index contributed by atoms with van der Waals surface area (Å²) in [5.74, 6) is -0.543. The van der Waals surface area contributed by atoms with Crippen molar-refractivity contribution in [2.75, 3.05) is 6.61 Å². The number of amides is 1. The summed E-state index contributed by atoms with van der Waals surface area (Å²) in [6.07, 6.45) is 62.1. The Morgan fingerprint density at radius 1 is 0.508 bits per heavy atom. The maximum absolute atomic E-state index is 13.2. The summed E-state index contributed by atoms with van der Waals surface area (Å²) >= 11 is 0. The van der Waals surface area contributed by atoms with Gasteiger partial charge in [-0.2, -0.15) is 0 Å². The molecular weight excluding hydrogens is 755 g/mol. The zero-order valence-corrected chi connectivity index (χ0v) is 39.8. The molecule has 0 aromatic heterocycles. The molecule has 0 spiro atoms. The van der Waals surface area contributed by atoms with Gasteiger partial charge in [-0.3, -0.25) is 9.59 Å². The fourth-order valence-electron chi connectivity index (χ4n) is 7.21. The Hall–Kier alpha value is -2.96. The van der Waals surface area contributed by atoms with Crippen LogP contribution in [0.15, 0.2) is 85.1 Å². The molecule has 0 saturated heterocycles. The number of carbonyl (C=O) groups excluding carboxylic acids is 2. The van der Waals surface area contributed by atoms with Crippen LogP contribution in [0.4, 0.5) is 0 Å². The van der Waals surface area contributed by atoms with E-state index in [1.165, 1.54) is 83.5 Å². The highest BCUT2D eigenvalue weighted by molar-refractivity contribution is 5.77.